The van der Waals surface area contributed by atoms with E-state index in [2.05, 4.69) is 0 Å². The molecule has 1 fully saturated rings. The van der Waals surface area contributed by atoms with Crippen molar-refractivity contribution in [2.24, 2.45) is 5.92 Å². The number of aliphatic carboxylic acids is 2. The van der Waals surface area contributed by atoms with E-state index in [0.29, 0.717) is 19.3 Å². The number of aliphatic hydroxyl groups is 4. The van der Waals surface area contributed by atoms with Crippen molar-refractivity contribution in [3.63, 3.8) is 0 Å². The highest BCUT2D eigenvalue weighted by molar-refractivity contribution is 5.92. The quantitative estimate of drug-likeness (QED) is 0.193. The van der Waals surface area contributed by atoms with E-state index in [4.69, 9.17) is 24.8 Å². The maximum atomic E-state index is 10.7. The molecule has 10 heteroatoms. The van der Waals surface area contributed by atoms with Crippen molar-refractivity contribution in [3.8, 4) is 0 Å². The van der Waals surface area contributed by atoms with Crippen molar-refractivity contribution >= 4 is 11.9 Å². The number of hydrogen-bond acceptors (Lipinski definition) is 8. The van der Waals surface area contributed by atoms with Crippen LogP contribution in [-0.4, -0.2) is 86.5 Å². The topological polar surface area (TPSA) is 174 Å². The molecule has 10 nitrogen and oxygen atoms in total. The van der Waals surface area contributed by atoms with E-state index in [9.17, 15) is 24.9 Å². The summed E-state index contributed by atoms with van der Waals surface area (Å²) in [7, 11) is 0. The van der Waals surface area contributed by atoms with Gasteiger partial charge in [0, 0.05) is 6.61 Å². The Hall–Kier alpha value is -1.30. The molecular weight excluding hydrogens is 328 g/mol. The lowest BCUT2D eigenvalue weighted by atomic mass is 9.99. The van der Waals surface area contributed by atoms with Crippen LogP contribution in [0.2, 0.25) is 0 Å². The van der Waals surface area contributed by atoms with Crippen molar-refractivity contribution in [1.82, 2.24) is 0 Å². The van der Waals surface area contributed by atoms with E-state index >= 15 is 0 Å². The van der Waals surface area contributed by atoms with Gasteiger partial charge in [-0.05, 0) is 12.8 Å². The molecule has 1 heterocycles. The Morgan fingerprint density at radius 3 is 2.17 bits per heavy atom. The van der Waals surface area contributed by atoms with Gasteiger partial charge in [0.1, 0.15) is 24.4 Å². The number of aliphatic hydroxyl groups excluding tert-OH is 4. The molecule has 5 atom stereocenters. The van der Waals surface area contributed by atoms with Gasteiger partial charge in [0.25, 0.3) is 0 Å². The van der Waals surface area contributed by atoms with Crippen molar-refractivity contribution in [2.75, 3.05) is 13.2 Å². The Morgan fingerprint density at radius 1 is 1.00 bits per heavy atom. The SMILES string of the molecule is O=C(O)C(CCCCCO[C@H]1[C@H](O)[C@@H](CO)OC(O)[C@@H]1O)C(=O)O. The van der Waals surface area contributed by atoms with Crippen molar-refractivity contribution in [3.05, 3.63) is 0 Å². The van der Waals surface area contributed by atoms with Crippen LogP contribution >= 0.6 is 0 Å². The Bertz CT molecular complexity index is 400. The van der Waals surface area contributed by atoms with E-state index in [1.807, 2.05) is 0 Å². The molecule has 0 aliphatic carbocycles. The van der Waals surface area contributed by atoms with E-state index in [1.165, 1.54) is 0 Å². The van der Waals surface area contributed by atoms with E-state index in [-0.39, 0.29) is 13.0 Å². The number of unbranched alkanes of at least 4 members (excludes halogenated alkanes) is 2. The lowest BCUT2D eigenvalue weighted by Gasteiger charge is -2.39. The molecular formula is C14H24O10. The van der Waals surface area contributed by atoms with Crippen LogP contribution in [0.5, 0.6) is 0 Å². The lowest BCUT2D eigenvalue weighted by molar-refractivity contribution is -0.294. The first kappa shape index (κ1) is 20.7. The second kappa shape index (κ2) is 9.87. The summed E-state index contributed by atoms with van der Waals surface area (Å²) in [6.45, 7) is -0.439. The average Bonchev–Trinajstić information content (AvgIpc) is 2.51. The second-order valence-electron chi connectivity index (χ2n) is 5.64. The fourth-order valence-electron chi connectivity index (χ4n) is 2.46. The van der Waals surface area contributed by atoms with Crippen LogP contribution in [0.1, 0.15) is 25.7 Å². The van der Waals surface area contributed by atoms with Gasteiger partial charge in [-0.2, -0.15) is 0 Å². The zero-order chi connectivity index (χ0) is 18.3. The molecule has 0 aromatic rings. The number of carboxylic acid groups (broad SMARTS) is 2. The number of carboxylic acids is 2. The molecule has 1 aliphatic heterocycles. The number of carbonyl (C=O) groups is 2. The summed E-state index contributed by atoms with van der Waals surface area (Å²) in [5.41, 5.74) is 0. The normalized spacial score (nSPS) is 30.5. The molecule has 0 aromatic carbocycles. The van der Waals surface area contributed by atoms with Gasteiger partial charge in [0.15, 0.2) is 12.2 Å². The first-order valence-electron chi connectivity index (χ1n) is 7.67. The predicted octanol–water partition coefficient (Wildman–Crippen LogP) is -1.85. The molecule has 0 bridgehead atoms. The average molecular weight is 352 g/mol. The van der Waals surface area contributed by atoms with Gasteiger partial charge in [0.2, 0.25) is 0 Å². The van der Waals surface area contributed by atoms with Gasteiger partial charge in [-0.1, -0.05) is 12.8 Å². The molecule has 6 N–H and O–H groups in total. The first-order chi connectivity index (χ1) is 11.3. The van der Waals surface area contributed by atoms with Crippen molar-refractivity contribution < 1.29 is 49.7 Å². The molecule has 0 spiro atoms. The molecule has 140 valence electrons. The highest BCUT2D eigenvalue weighted by Gasteiger charge is 2.44. The Morgan fingerprint density at radius 2 is 1.62 bits per heavy atom. The fourth-order valence-corrected chi connectivity index (χ4v) is 2.46. The van der Waals surface area contributed by atoms with Gasteiger partial charge >= 0.3 is 11.9 Å². The molecule has 0 saturated carbocycles. The molecule has 1 saturated heterocycles. The van der Waals surface area contributed by atoms with E-state index in [0.717, 1.165) is 0 Å². The smallest absolute Gasteiger partial charge is 0.317 e. The highest BCUT2D eigenvalue weighted by Crippen LogP contribution is 2.22. The molecule has 1 unspecified atom stereocenters. The third-order valence-electron chi connectivity index (χ3n) is 3.88. The van der Waals surface area contributed by atoms with Crippen LogP contribution in [0.3, 0.4) is 0 Å². The van der Waals surface area contributed by atoms with Crippen LogP contribution < -0.4 is 0 Å². The summed E-state index contributed by atoms with van der Waals surface area (Å²) in [5.74, 6) is -4.20. The van der Waals surface area contributed by atoms with Crippen LogP contribution in [-0.2, 0) is 19.1 Å². The standard InChI is InChI=1S/C14H24O10/c15-6-8-9(16)11(10(17)14(22)24-8)23-5-3-1-2-4-7(12(18)19)13(20)21/h7-11,14-17,22H,1-6H2,(H,18,19)(H,20,21)/t8-,9-,10-,11+,14?/m1/s1. The van der Waals surface area contributed by atoms with Gasteiger partial charge < -0.3 is 40.1 Å². The van der Waals surface area contributed by atoms with Crippen LogP contribution in [0.25, 0.3) is 0 Å². The Kier molecular flexibility index (Phi) is 8.53. The number of rotatable bonds is 10. The summed E-state index contributed by atoms with van der Waals surface area (Å²) < 4.78 is 10.1. The Balaban J connectivity index is 2.31. The number of hydrogen-bond donors (Lipinski definition) is 6. The second-order valence-corrected chi connectivity index (χ2v) is 5.64. The summed E-state index contributed by atoms with van der Waals surface area (Å²) in [6.07, 6.45) is -5.24. The van der Waals surface area contributed by atoms with Crippen LogP contribution in [0.4, 0.5) is 0 Å². The fraction of sp³-hybridized carbons (Fsp3) is 0.857. The minimum Gasteiger partial charge on any atom is -0.481 e. The molecule has 0 amide bonds. The van der Waals surface area contributed by atoms with Gasteiger partial charge in [-0.3, -0.25) is 9.59 Å². The molecule has 0 aromatic heterocycles. The van der Waals surface area contributed by atoms with Crippen molar-refractivity contribution in [2.45, 2.75) is 56.4 Å². The first-order valence-corrected chi connectivity index (χ1v) is 7.67. The monoisotopic (exact) mass is 352 g/mol. The summed E-state index contributed by atoms with van der Waals surface area (Å²) in [5, 5.41) is 55.6. The third kappa shape index (κ3) is 5.65. The largest absolute Gasteiger partial charge is 0.481 e. The molecule has 24 heavy (non-hydrogen) atoms. The van der Waals surface area contributed by atoms with Gasteiger partial charge in [0.05, 0.1) is 6.61 Å². The lowest BCUT2D eigenvalue weighted by Crippen LogP contribution is -2.59. The van der Waals surface area contributed by atoms with Crippen LogP contribution in [0, 0.1) is 5.92 Å². The summed E-state index contributed by atoms with van der Waals surface area (Å²) in [4.78, 5) is 21.4. The molecule has 1 aliphatic rings. The minimum atomic E-state index is -1.58. The zero-order valence-electron chi connectivity index (χ0n) is 13.0. The highest BCUT2D eigenvalue weighted by atomic mass is 16.6. The summed E-state index contributed by atoms with van der Waals surface area (Å²) >= 11 is 0. The van der Waals surface area contributed by atoms with Gasteiger partial charge in [-0.25, -0.2) is 0 Å². The van der Waals surface area contributed by atoms with Gasteiger partial charge in [-0.15, -0.1) is 0 Å². The third-order valence-corrected chi connectivity index (χ3v) is 3.88. The van der Waals surface area contributed by atoms with E-state index < -0.39 is 55.2 Å². The van der Waals surface area contributed by atoms with Crippen molar-refractivity contribution in [1.29, 1.82) is 0 Å². The number of ether oxygens (including phenoxy) is 2. The molecule has 1 rings (SSSR count). The summed E-state index contributed by atoms with van der Waals surface area (Å²) in [6, 6.07) is 0. The zero-order valence-corrected chi connectivity index (χ0v) is 13.0. The van der Waals surface area contributed by atoms with E-state index in [1.54, 1.807) is 0 Å². The minimum absolute atomic E-state index is 0.00150. The maximum absolute atomic E-state index is 10.7. The predicted molar refractivity (Wildman–Crippen MR) is 76.9 cm³/mol. The maximum Gasteiger partial charge on any atom is 0.317 e. The molecule has 0 radical (unpaired) electrons. The Labute approximate surface area is 138 Å². The van der Waals surface area contributed by atoms with Crippen LogP contribution in [0.15, 0.2) is 0 Å².